The maximum Gasteiger partial charge on any atom is 0.252 e. The molecule has 1 N–H and O–H groups in total. The summed E-state index contributed by atoms with van der Waals surface area (Å²) in [5.41, 5.74) is 2.31. The highest BCUT2D eigenvalue weighted by molar-refractivity contribution is 6.30. The first-order valence-corrected chi connectivity index (χ1v) is 7.81. The molecule has 1 atom stereocenters. The first-order valence-electron chi connectivity index (χ1n) is 7.43. The summed E-state index contributed by atoms with van der Waals surface area (Å²) in [4.78, 5) is 12.5. The number of amides is 1. The van der Waals surface area contributed by atoms with Gasteiger partial charge in [-0.25, -0.2) is 0 Å². The summed E-state index contributed by atoms with van der Waals surface area (Å²) in [5, 5.41) is 14.8. The van der Waals surface area contributed by atoms with E-state index in [1.807, 2.05) is 42.5 Å². The molecule has 24 heavy (non-hydrogen) atoms. The van der Waals surface area contributed by atoms with Gasteiger partial charge >= 0.3 is 0 Å². The number of hydrogen-bond donors (Lipinski definition) is 1. The standard InChI is InChI=1S/C19H15ClN2O2/c20-17-8-6-15(7-9-17)18(14-4-2-1-3-5-14)21-19(23)16-10-12-22(24)13-11-16/h1-13,18H,(H,21,23). The number of hydrogen-bond acceptors (Lipinski definition) is 2. The molecule has 0 bridgehead atoms. The van der Waals surface area contributed by atoms with Gasteiger partial charge in [-0.15, -0.1) is 0 Å². The lowest BCUT2D eigenvalue weighted by molar-refractivity contribution is -0.605. The van der Waals surface area contributed by atoms with Crippen molar-refractivity contribution in [1.82, 2.24) is 5.32 Å². The number of aromatic nitrogens is 1. The Morgan fingerprint density at radius 3 is 2.12 bits per heavy atom. The summed E-state index contributed by atoms with van der Waals surface area (Å²) in [6, 6.07) is 19.7. The van der Waals surface area contributed by atoms with Crippen molar-refractivity contribution in [3.63, 3.8) is 0 Å². The Morgan fingerprint density at radius 2 is 1.50 bits per heavy atom. The summed E-state index contributed by atoms with van der Waals surface area (Å²) >= 11 is 5.96. The van der Waals surface area contributed by atoms with E-state index in [0.717, 1.165) is 11.1 Å². The van der Waals surface area contributed by atoms with Crippen molar-refractivity contribution in [3.8, 4) is 0 Å². The largest absolute Gasteiger partial charge is 0.619 e. The number of halogens is 1. The van der Waals surface area contributed by atoms with Crippen LogP contribution in [-0.2, 0) is 0 Å². The highest BCUT2D eigenvalue weighted by atomic mass is 35.5. The van der Waals surface area contributed by atoms with Crippen molar-refractivity contribution in [2.45, 2.75) is 6.04 Å². The van der Waals surface area contributed by atoms with Crippen molar-refractivity contribution in [1.29, 1.82) is 0 Å². The summed E-state index contributed by atoms with van der Waals surface area (Å²) in [6.07, 6.45) is 2.60. The highest BCUT2D eigenvalue weighted by Crippen LogP contribution is 2.24. The Kier molecular flexibility index (Phi) is 4.77. The van der Waals surface area contributed by atoms with Crippen LogP contribution in [0.1, 0.15) is 27.5 Å². The fourth-order valence-electron chi connectivity index (χ4n) is 2.44. The van der Waals surface area contributed by atoms with Crippen molar-refractivity contribution in [2.75, 3.05) is 0 Å². The zero-order valence-electron chi connectivity index (χ0n) is 12.7. The van der Waals surface area contributed by atoms with Crippen molar-refractivity contribution < 1.29 is 9.52 Å². The number of rotatable bonds is 4. The van der Waals surface area contributed by atoms with Crippen LogP contribution in [0.3, 0.4) is 0 Å². The topological polar surface area (TPSA) is 56.0 Å². The minimum Gasteiger partial charge on any atom is -0.619 e. The van der Waals surface area contributed by atoms with Gasteiger partial charge in [0.1, 0.15) is 0 Å². The second-order valence-corrected chi connectivity index (χ2v) is 5.75. The molecule has 120 valence electrons. The van der Waals surface area contributed by atoms with Gasteiger partial charge < -0.3 is 10.5 Å². The van der Waals surface area contributed by atoms with Crippen molar-refractivity contribution >= 4 is 17.5 Å². The van der Waals surface area contributed by atoms with Gasteiger partial charge in [-0.05, 0) is 23.3 Å². The van der Waals surface area contributed by atoms with Gasteiger partial charge in [0.2, 0.25) is 0 Å². The normalized spacial score (nSPS) is 11.7. The minimum absolute atomic E-state index is 0.251. The third-order valence-electron chi connectivity index (χ3n) is 3.68. The van der Waals surface area contributed by atoms with E-state index in [2.05, 4.69) is 5.32 Å². The first-order chi connectivity index (χ1) is 11.6. The summed E-state index contributed by atoms with van der Waals surface area (Å²) in [7, 11) is 0. The molecule has 0 radical (unpaired) electrons. The van der Waals surface area contributed by atoms with Crippen molar-refractivity contribution in [3.05, 3.63) is 106 Å². The third kappa shape index (κ3) is 3.73. The molecule has 1 amide bonds. The zero-order valence-corrected chi connectivity index (χ0v) is 13.5. The molecule has 3 rings (SSSR count). The van der Waals surface area contributed by atoms with Gasteiger partial charge in [0.25, 0.3) is 5.91 Å². The van der Waals surface area contributed by atoms with Crippen LogP contribution in [0.15, 0.2) is 79.1 Å². The average molecular weight is 339 g/mol. The van der Waals surface area contributed by atoms with E-state index in [9.17, 15) is 10.0 Å². The van der Waals surface area contributed by atoms with E-state index >= 15 is 0 Å². The number of benzene rings is 2. The van der Waals surface area contributed by atoms with E-state index in [-0.39, 0.29) is 11.9 Å². The van der Waals surface area contributed by atoms with E-state index in [4.69, 9.17) is 11.6 Å². The predicted molar refractivity (Wildman–Crippen MR) is 92.6 cm³/mol. The van der Waals surface area contributed by atoms with Crippen LogP contribution in [0, 0.1) is 5.21 Å². The maximum atomic E-state index is 12.5. The van der Waals surface area contributed by atoms with E-state index in [0.29, 0.717) is 15.3 Å². The third-order valence-corrected chi connectivity index (χ3v) is 3.93. The minimum atomic E-state index is -0.310. The molecule has 5 heteroatoms. The molecular formula is C19H15ClN2O2. The Balaban J connectivity index is 1.91. The molecule has 1 heterocycles. The average Bonchev–Trinajstić information content (AvgIpc) is 2.62. The molecule has 0 aliphatic carbocycles. The first kappa shape index (κ1) is 16.0. The number of pyridine rings is 1. The quantitative estimate of drug-likeness (QED) is 0.584. The smallest absolute Gasteiger partial charge is 0.252 e. The van der Waals surface area contributed by atoms with E-state index in [1.54, 1.807) is 12.1 Å². The Hall–Kier alpha value is -2.85. The van der Waals surface area contributed by atoms with Gasteiger partial charge in [-0.3, -0.25) is 4.79 Å². The van der Waals surface area contributed by atoms with Crippen LogP contribution in [0.5, 0.6) is 0 Å². The fraction of sp³-hybridized carbons (Fsp3) is 0.0526. The molecule has 0 saturated heterocycles. The van der Waals surface area contributed by atoms with Crippen molar-refractivity contribution in [2.24, 2.45) is 0 Å². The zero-order chi connectivity index (χ0) is 16.9. The lowest BCUT2D eigenvalue weighted by Crippen LogP contribution is -2.31. The molecular weight excluding hydrogens is 324 g/mol. The molecule has 3 aromatic rings. The fourth-order valence-corrected chi connectivity index (χ4v) is 2.56. The second-order valence-electron chi connectivity index (χ2n) is 5.32. The number of nitrogens with zero attached hydrogens (tertiary/aromatic N) is 1. The van der Waals surface area contributed by atoms with Crippen LogP contribution >= 0.6 is 11.6 Å². The summed E-state index contributed by atoms with van der Waals surface area (Å²) < 4.78 is 0.644. The molecule has 2 aromatic carbocycles. The van der Waals surface area contributed by atoms with Crippen LogP contribution in [0.4, 0.5) is 0 Å². The van der Waals surface area contributed by atoms with Gasteiger partial charge in [0.05, 0.1) is 11.6 Å². The number of nitrogens with one attached hydrogen (secondary N) is 1. The SMILES string of the molecule is O=C(NC(c1ccccc1)c1ccc(Cl)cc1)c1cc[n+]([O-])cc1. The lowest BCUT2D eigenvalue weighted by atomic mass is 9.98. The monoisotopic (exact) mass is 338 g/mol. The Morgan fingerprint density at radius 1 is 0.917 bits per heavy atom. The van der Waals surface area contributed by atoms with Gasteiger partial charge in [-0.1, -0.05) is 54.1 Å². The van der Waals surface area contributed by atoms with Crippen LogP contribution in [-0.4, -0.2) is 5.91 Å². The molecule has 4 nitrogen and oxygen atoms in total. The molecule has 1 unspecified atom stereocenters. The number of carbonyl (C=O) groups is 1. The van der Waals surface area contributed by atoms with Gasteiger partial charge in [0, 0.05) is 17.2 Å². The number of carbonyl (C=O) groups excluding carboxylic acids is 1. The van der Waals surface area contributed by atoms with Crippen LogP contribution < -0.4 is 10.0 Å². The maximum absolute atomic E-state index is 12.5. The van der Waals surface area contributed by atoms with Crippen LogP contribution in [0.25, 0.3) is 0 Å². The summed E-state index contributed by atoms with van der Waals surface area (Å²) in [5.74, 6) is -0.251. The van der Waals surface area contributed by atoms with Crippen LogP contribution in [0.2, 0.25) is 5.02 Å². The van der Waals surface area contributed by atoms with E-state index in [1.165, 1.54) is 24.5 Å². The predicted octanol–water partition coefficient (Wildman–Crippen LogP) is 3.49. The van der Waals surface area contributed by atoms with Gasteiger partial charge in [-0.2, -0.15) is 4.73 Å². The lowest BCUT2D eigenvalue weighted by Gasteiger charge is -2.20. The Labute approximate surface area is 144 Å². The van der Waals surface area contributed by atoms with Gasteiger partial charge in [0.15, 0.2) is 12.4 Å². The molecule has 0 spiro atoms. The summed E-state index contributed by atoms with van der Waals surface area (Å²) in [6.45, 7) is 0. The molecule has 0 aliphatic heterocycles. The molecule has 0 aliphatic rings. The molecule has 0 fully saturated rings. The molecule has 0 saturated carbocycles. The Bertz CT molecular complexity index is 818. The molecule has 1 aromatic heterocycles. The second kappa shape index (κ2) is 7.15. The van der Waals surface area contributed by atoms with E-state index < -0.39 is 0 Å². The highest BCUT2D eigenvalue weighted by Gasteiger charge is 2.18.